The topological polar surface area (TPSA) is 27.3 Å². The molecule has 0 aliphatic carbocycles. The first-order chi connectivity index (χ1) is 7.85. The van der Waals surface area contributed by atoms with Gasteiger partial charge in [-0.1, -0.05) is 12.1 Å². The molecule has 16 heavy (non-hydrogen) atoms. The van der Waals surface area contributed by atoms with E-state index in [-0.39, 0.29) is 0 Å². The highest BCUT2D eigenvalue weighted by Crippen LogP contribution is 2.20. The molecule has 1 aliphatic heterocycles. The van der Waals surface area contributed by atoms with Crippen molar-refractivity contribution in [2.75, 3.05) is 18.0 Å². The number of benzene rings is 1. The maximum atomic E-state index is 3.17. The number of nitrogens with zero attached hydrogens (tertiary/aromatic N) is 1. The van der Waals surface area contributed by atoms with Crippen LogP contribution in [-0.4, -0.2) is 13.1 Å². The van der Waals surface area contributed by atoms with Gasteiger partial charge in [-0.05, 0) is 37.6 Å². The molecular formula is C13H19N3. The number of nitrogens with one attached hydrogen (secondary N) is 2. The summed E-state index contributed by atoms with van der Waals surface area (Å²) >= 11 is 0. The SMILES string of the molecule is CCN(CC)c1ccc(C2C=CNN2)cc1. The van der Waals surface area contributed by atoms with E-state index in [4.69, 9.17) is 0 Å². The van der Waals surface area contributed by atoms with Crippen molar-refractivity contribution < 1.29 is 0 Å². The van der Waals surface area contributed by atoms with Gasteiger partial charge >= 0.3 is 0 Å². The fraction of sp³-hybridized carbons (Fsp3) is 0.385. The van der Waals surface area contributed by atoms with Gasteiger partial charge in [0.1, 0.15) is 0 Å². The minimum atomic E-state index is 0.297. The van der Waals surface area contributed by atoms with E-state index in [1.54, 1.807) is 0 Å². The van der Waals surface area contributed by atoms with Crippen LogP contribution in [0.4, 0.5) is 5.69 Å². The summed E-state index contributed by atoms with van der Waals surface area (Å²) in [5.41, 5.74) is 8.75. The van der Waals surface area contributed by atoms with E-state index >= 15 is 0 Å². The van der Waals surface area contributed by atoms with Crippen molar-refractivity contribution in [2.45, 2.75) is 19.9 Å². The van der Waals surface area contributed by atoms with Crippen molar-refractivity contribution in [1.29, 1.82) is 0 Å². The number of hydrogen-bond donors (Lipinski definition) is 2. The predicted molar refractivity (Wildman–Crippen MR) is 68.2 cm³/mol. The molecule has 2 N–H and O–H groups in total. The molecule has 0 saturated carbocycles. The Balaban J connectivity index is 2.12. The van der Waals surface area contributed by atoms with E-state index < -0.39 is 0 Å². The molecule has 86 valence electrons. The fourth-order valence-corrected chi connectivity index (χ4v) is 2.01. The van der Waals surface area contributed by atoms with Crippen molar-refractivity contribution in [2.24, 2.45) is 0 Å². The quantitative estimate of drug-likeness (QED) is 0.809. The molecule has 0 bridgehead atoms. The van der Waals surface area contributed by atoms with Gasteiger partial charge in [0.25, 0.3) is 0 Å². The standard InChI is InChI=1S/C13H19N3/c1-3-16(4-2)12-7-5-11(6-8-12)13-9-10-14-15-13/h5-10,13-15H,3-4H2,1-2H3. The van der Waals surface area contributed by atoms with E-state index in [1.165, 1.54) is 11.3 Å². The third kappa shape index (κ3) is 2.19. The molecule has 1 aromatic carbocycles. The third-order valence-electron chi connectivity index (χ3n) is 2.99. The Kier molecular flexibility index (Phi) is 3.47. The van der Waals surface area contributed by atoms with Crippen LogP contribution in [0.25, 0.3) is 0 Å². The fourth-order valence-electron chi connectivity index (χ4n) is 2.01. The average Bonchev–Trinajstić information content (AvgIpc) is 2.85. The maximum Gasteiger partial charge on any atom is 0.0707 e. The summed E-state index contributed by atoms with van der Waals surface area (Å²) in [5, 5.41) is 0. The zero-order valence-electron chi connectivity index (χ0n) is 9.90. The molecule has 0 amide bonds. The van der Waals surface area contributed by atoms with Crippen LogP contribution in [0.3, 0.4) is 0 Å². The predicted octanol–water partition coefficient (Wildman–Crippen LogP) is 2.20. The third-order valence-corrected chi connectivity index (χ3v) is 2.99. The second-order valence-electron chi connectivity index (χ2n) is 3.89. The maximum absolute atomic E-state index is 3.17. The van der Waals surface area contributed by atoms with Crippen molar-refractivity contribution in [3.63, 3.8) is 0 Å². The summed E-state index contributed by atoms with van der Waals surface area (Å²) in [6.45, 7) is 6.48. The van der Waals surface area contributed by atoms with Crippen LogP contribution < -0.4 is 15.8 Å². The van der Waals surface area contributed by atoms with E-state index in [2.05, 4.69) is 59.9 Å². The molecule has 0 saturated heterocycles. The molecule has 1 unspecified atom stereocenters. The van der Waals surface area contributed by atoms with Crippen LogP contribution in [-0.2, 0) is 0 Å². The second-order valence-corrected chi connectivity index (χ2v) is 3.89. The van der Waals surface area contributed by atoms with Gasteiger partial charge in [-0.2, -0.15) is 0 Å². The summed E-state index contributed by atoms with van der Waals surface area (Å²) in [6, 6.07) is 9.04. The summed E-state index contributed by atoms with van der Waals surface area (Å²) in [5.74, 6) is 0. The molecule has 1 heterocycles. The lowest BCUT2D eigenvalue weighted by Gasteiger charge is -2.21. The monoisotopic (exact) mass is 217 g/mol. The summed E-state index contributed by atoms with van der Waals surface area (Å²) in [6.07, 6.45) is 4.05. The molecule has 0 spiro atoms. The smallest absolute Gasteiger partial charge is 0.0707 e. The van der Waals surface area contributed by atoms with E-state index in [0.717, 1.165) is 13.1 Å². The van der Waals surface area contributed by atoms with Gasteiger partial charge in [0.05, 0.1) is 6.04 Å². The Morgan fingerprint density at radius 1 is 1.12 bits per heavy atom. The largest absolute Gasteiger partial charge is 0.372 e. The van der Waals surface area contributed by atoms with Gasteiger partial charge in [-0.15, -0.1) is 0 Å². The van der Waals surface area contributed by atoms with Crippen LogP contribution in [0.1, 0.15) is 25.5 Å². The van der Waals surface area contributed by atoms with Gasteiger partial charge in [-0.25, -0.2) is 5.43 Å². The van der Waals surface area contributed by atoms with Gasteiger partial charge in [0.2, 0.25) is 0 Å². The highest BCUT2D eigenvalue weighted by atomic mass is 15.4. The molecule has 3 nitrogen and oxygen atoms in total. The van der Waals surface area contributed by atoms with E-state index in [1.807, 2.05) is 6.20 Å². The summed E-state index contributed by atoms with van der Waals surface area (Å²) in [7, 11) is 0. The molecule has 1 aromatic rings. The van der Waals surface area contributed by atoms with Crippen molar-refractivity contribution >= 4 is 5.69 Å². The van der Waals surface area contributed by atoms with Gasteiger partial charge in [0, 0.05) is 25.0 Å². The van der Waals surface area contributed by atoms with Crippen LogP contribution in [0.5, 0.6) is 0 Å². The minimum absolute atomic E-state index is 0.297. The van der Waals surface area contributed by atoms with Crippen LogP contribution in [0.15, 0.2) is 36.5 Å². The number of rotatable bonds is 4. The van der Waals surface area contributed by atoms with Crippen LogP contribution in [0.2, 0.25) is 0 Å². The van der Waals surface area contributed by atoms with Gasteiger partial charge in [-0.3, -0.25) is 0 Å². The first kappa shape index (κ1) is 11.0. The Labute approximate surface area is 97.1 Å². The lowest BCUT2D eigenvalue weighted by molar-refractivity contribution is 0.610. The van der Waals surface area contributed by atoms with Gasteiger partial charge in [0.15, 0.2) is 0 Å². The van der Waals surface area contributed by atoms with Crippen molar-refractivity contribution in [3.05, 3.63) is 42.1 Å². The zero-order chi connectivity index (χ0) is 11.4. The number of anilines is 1. The molecule has 0 radical (unpaired) electrons. The number of hydrogen-bond acceptors (Lipinski definition) is 3. The second kappa shape index (κ2) is 5.03. The Morgan fingerprint density at radius 3 is 2.31 bits per heavy atom. The lowest BCUT2D eigenvalue weighted by atomic mass is 10.1. The lowest BCUT2D eigenvalue weighted by Crippen LogP contribution is -2.24. The summed E-state index contributed by atoms with van der Waals surface area (Å²) < 4.78 is 0. The zero-order valence-corrected chi connectivity index (χ0v) is 9.90. The molecule has 1 atom stereocenters. The normalized spacial score (nSPS) is 18.5. The Hall–Kier alpha value is -1.48. The average molecular weight is 217 g/mol. The number of hydrazine groups is 1. The first-order valence-electron chi connectivity index (χ1n) is 5.87. The van der Waals surface area contributed by atoms with Crippen LogP contribution in [0, 0.1) is 0 Å². The highest BCUT2D eigenvalue weighted by molar-refractivity contribution is 5.48. The molecule has 0 fully saturated rings. The molecule has 0 aromatic heterocycles. The van der Waals surface area contributed by atoms with E-state index in [0.29, 0.717) is 6.04 Å². The molecule has 3 heteroatoms. The minimum Gasteiger partial charge on any atom is -0.372 e. The van der Waals surface area contributed by atoms with Crippen molar-refractivity contribution in [1.82, 2.24) is 10.9 Å². The first-order valence-corrected chi connectivity index (χ1v) is 5.87. The summed E-state index contributed by atoms with van der Waals surface area (Å²) in [4.78, 5) is 2.35. The molecule has 2 rings (SSSR count). The molecule has 1 aliphatic rings. The Morgan fingerprint density at radius 2 is 1.81 bits per heavy atom. The Bertz CT molecular complexity index is 352. The highest BCUT2D eigenvalue weighted by Gasteiger charge is 2.10. The molecular weight excluding hydrogens is 198 g/mol. The van der Waals surface area contributed by atoms with Crippen molar-refractivity contribution in [3.8, 4) is 0 Å². The van der Waals surface area contributed by atoms with Crippen LogP contribution >= 0.6 is 0 Å². The van der Waals surface area contributed by atoms with E-state index in [9.17, 15) is 0 Å². The van der Waals surface area contributed by atoms with Gasteiger partial charge < -0.3 is 10.3 Å².